The van der Waals surface area contributed by atoms with Crippen LogP contribution in [0.1, 0.15) is 40.2 Å². The van der Waals surface area contributed by atoms with Crippen molar-refractivity contribution in [2.45, 2.75) is 25.4 Å². The number of hydrogen-bond donors (Lipinski definition) is 0. The standard InChI is InChI=1S/C20H23NO2/c1-23-15-16-7-9-19(10-8-16)20(22)21-13-11-18(12-14-21)17-5-3-2-4-6-17/h2-10,18H,11-15H2,1H3. The lowest BCUT2D eigenvalue weighted by atomic mass is 9.89. The van der Waals surface area contributed by atoms with Crippen LogP contribution in [-0.2, 0) is 11.3 Å². The number of rotatable bonds is 4. The van der Waals surface area contributed by atoms with Crippen LogP contribution in [0.4, 0.5) is 0 Å². The number of benzene rings is 2. The van der Waals surface area contributed by atoms with Crippen LogP contribution in [0.25, 0.3) is 0 Å². The second-order valence-corrected chi connectivity index (χ2v) is 6.11. The lowest BCUT2D eigenvalue weighted by molar-refractivity contribution is 0.0713. The number of carbonyl (C=O) groups is 1. The van der Waals surface area contributed by atoms with E-state index in [1.165, 1.54) is 5.56 Å². The summed E-state index contributed by atoms with van der Waals surface area (Å²) < 4.78 is 5.10. The van der Waals surface area contributed by atoms with Crippen LogP contribution in [0.5, 0.6) is 0 Å². The van der Waals surface area contributed by atoms with E-state index in [0.717, 1.165) is 37.1 Å². The fourth-order valence-electron chi connectivity index (χ4n) is 3.23. The van der Waals surface area contributed by atoms with Gasteiger partial charge < -0.3 is 9.64 Å². The van der Waals surface area contributed by atoms with Crippen LogP contribution < -0.4 is 0 Å². The number of methoxy groups -OCH3 is 1. The number of nitrogens with zero attached hydrogens (tertiary/aromatic N) is 1. The monoisotopic (exact) mass is 309 g/mol. The molecule has 3 nitrogen and oxygen atoms in total. The molecule has 23 heavy (non-hydrogen) atoms. The van der Waals surface area contributed by atoms with Gasteiger partial charge in [-0.2, -0.15) is 0 Å². The van der Waals surface area contributed by atoms with Gasteiger partial charge in [-0.3, -0.25) is 4.79 Å². The van der Waals surface area contributed by atoms with Crippen molar-refractivity contribution in [1.82, 2.24) is 4.90 Å². The van der Waals surface area contributed by atoms with E-state index < -0.39 is 0 Å². The maximum absolute atomic E-state index is 12.6. The first-order valence-corrected chi connectivity index (χ1v) is 8.20. The van der Waals surface area contributed by atoms with Gasteiger partial charge in [-0.1, -0.05) is 42.5 Å². The molecule has 3 rings (SSSR count). The summed E-state index contributed by atoms with van der Waals surface area (Å²) in [6, 6.07) is 18.4. The van der Waals surface area contributed by atoms with Crippen molar-refractivity contribution in [2.75, 3.05) is 20.2 Å². The number of carbonyl (C=O) groups excluding carboxylic acids is 1. The SMILES string of the molecule is COCc1ccc(C(=O)N2CCC(c3ccccc3)CC2)cc1. The van der Waals surface area contributed by atoms with Crippen LogP contribution in [-0.4, -0.2) is 31.0 Å². The average molecular weight is 309 g/mol. The average Bonchev–Trinajstić information content (AvgIpc) is 2.63. The van der Waals surface area contributed by atoms with Crippen LogP contribution in [0, 0.1) is 0 Å². The summed E-state index contributed by atoms with van der Waals surface area (Å²) in [4.78, 5) is 14.6. The highest BCUT2D eigenvalue weighted by Gasteiger charge is 2.24. The molecule has 1 saturated heterocycles. The Kier molecular flexibility index (Phi) is 5.09. The number of amides is 1. The molecule has 0 aromatic heterocycles. The molecule has 1 aliphatic rings. The Morgan fingerprint density at radius 3 is 2.30 bits per heavy atom. The molecule has 1 amide bonds. The van der Waals surface area contributed by atoms with Gasteiger partial charge in [-0.25, -0.2) is 0 Å². The lowest BCUT2D eigenvalue weighted by Crippen LogP contribution is -2.37. The minimum atomic E-state index is 0.139. The van der Waals surface area contributed by atoms with E-state index in [4.69, 9.17) is 4.74 Å². The van der Waals surface area contributed by atoms with Gasteiger partial charge in [0.1, 0.15) is 0 Å². The van der Waals surface area contributed by atoms with E-state index in [9.17, 15) is 4.79 Å². The molecule has 120 valence electrons. The quantitative estimate of drug-likeness (QED) is 0.858. The zero-order chi connectivity index (χ0) is 16.1. The Morgan fingerprint density at radius 1 is 1.04 bits per heavy atom. The van der Waals surface area contributed by atoms with Crippen molar-refractivity contribution >= 4 is 5.91 Å². The van der Waals surface area contributed by atoms with Crippen molar-refractivity contribution in [3.8, 4) is 0 Å². The summed E-state index contributed by atoms with van der Waals surface area (Å²) in [6.07, 6.45) is 2.08. The maximum Gasteiger partial charge on any atom is 0.253 e. The molecule has 1 heterocycles. The first-order chi connectivity index (χ1) is 11.3. The zero-order valence-electron chi connectivity index (χ0n) is 13.6. The second kappa shape index (κ2) is 7.42. The summed E-state index contributed by atoms with van der Waals surface area (Å²) in [5.41, 5.74) is 3.25. The zero-order valence-corrected chi connectivity index (χ0v) is 13.6. The van der Waals surface area contributed by atoms with Crippen molar-refractivity contribution in [2.24, 2.45) is 0 Å². The molecule has 2 aromatic carbocycles. The van der Waals surface area contributed by atoms with Gasteiger partial charge in [-0.15, -0.1) is 0 Å². The lowest BCUT2D eigenvalue weighted by Gasteiger charge is -2.32. The largest absolute Gasteiger partial charge is 0.380 e. The van der Waals surface area contributed by atoms with Gasteiger partial charge in [0.25, 0.3) is 5.91 Å². The minimum absolute atomic E-state index is 0.139. The second-order valence-electron chi connectivity index (χ2n) is 6.11. The molecule has 0 bridgehead atoms. The van der Waals surface area contributed by atoms with Crippen LogP contribution in [0.15, 0.2) is 54.6 Å². The summed E-state index contributed by atoms with van der Waals surface area (Å²) in [6.45, 7) is 2.24. The summed E-state index contributed by atoms with van der Waals surface area (Å²) in [5.74, 6) is 0.713. The normalized spacial score (nSPS) is 15.6. The number of hydrogen-bond acceptors (Lipinski definition) is 2. The third kappa shape index (κ3) is 3.80. The molecule has 0 spiro atoms. The molecule has 0 aliphatic carbocycles. The number of likely N-dealkylation sites (tertiary alicyclic amines) is 1. The predicted molar refractivity (Wildman–Crippen MR) is 91.5 cm³/mol. The van der Waals surface area contributed by atoms with Crippen molar-refractivity contribution in [3.05, 3.63) is 71.3 Å². The first-order valence-electron chi connectivity index (χ1n) is 8.20. The Labute approximate surface area is 137 Å². The Hall–Kier alpha value is -2.13. The molecule has 1 fully saturated rings. The minimum Gasteiger partial charge on any atom is -0.380 e. The summed E-state index contributed by atoms with van der Waals surface area (Å²) >= 11 is 0. The maximum atomic E-state index is 12.6. The molecule has 0 unspecified atom stereocenters. The summed E-state index contributed by atoms with van der Waals surface area (Å²) in [7, 11) is 1.68. The molecular formula is C20H23NO2. The van der Waals surface area contributed by atoms with Crippen LogP contribution in [0.3, 0.4) is 0 Å². The van der Waals surface area contributed by atoms with Crippen LogP contribution >= 0.6 is 0 Å². The molecular weight excluding hydrogens is 286 g/mol. The molecule has 2 aromatic rings. The topological polar surface area (TPSA) is 29.5 Å². The van der Waals surface area contributed by atoms with Gasteiger partial charge >= 0.3 is 0 Å². The van der Waals surface area contributed by atoms with Crippen LogP contribution in [0.2, 0.25) is 0 Å². The van der Waals surface area contributed by atoms with E-state index in [-0.39, 0.29) is 5.91 Å². The third-order valence-corrected chi connectivity index (χ3v) is 4.57. The Balaban J connectivity index is 1.59. The number of piperidine rings is 1. The fourth-order valence-corrected chi connectivity index (χ4v) is 3.23. The molecule has 0 saturated carbocycles. The highest BCUT2D eigenvalue weighted by Crippen LogP contribution is 2.28. The molecule has 3 heteroatoms. The number of ether oxygens (including phenoxy) is 1. The molecule has 1 aliphatic heterocycles. The van der Waals surface area contributed by atoms with Crippen molar-refractivity contribution < 1.29 is 9.53 Å². The van der Waals surface area contributed by atoms with Crippen molar-refractivity contribution in [3.63, 3.8) is 0 Å². The van der Waals surface area contributed by atoms with E-state index in [1.807, 2.05) is 29.2 Å². The van der Waals surface area contributed by atoms with Gasteiger partial charge in [0, 0.05) is 25.8 Å². The fraction of sp³-hybridized carbons (Fsp3) is 0.350. The van der Waals surface area contributed by atoms with Gasteiger partial charge in [0.05, 0.1) is 6.61 Å². The Bertz CT molecular complexity index is 628. The summed E-state index contributed by atoms with van der Waals surface area (Å²) in [5, 5.41) is 0. The first kappa shape index (κ1) is 15.8. The van der Waals surface area contributed by atoms with E-state index in [1.54, 1.807) is 7.11 Å². The van der Waals surface area contributed by atoms with E-state index in [0.29, 0.717) is 12.5 Å². The Morgan fingerprint density at radius 2 is 1.70 bits per heavy atom. The smallest absolute Gasteiger partial charge is 0.253 e. The highest BCUT2D eigenvalue weighted by molar-refractivity contribution is 5.94. The third-order valence-electron chi connectivity index (χ3n) is 4.57. The molecule has 0 radical (unpaired) electrons. The predicted octanol–water partition coefficient (Wildman–Crippen LogP) is 3.85. The van der Waals surface area contributed by atoms with Crippen molar-refractivity contribution in [1.29, 1.82) is 0 Å². The van der Waals surface area contributed by atoms with Gasteiger partial charge in [0.2, 0.25) is 0 Å². The van der Waals surface area contributed by atoms with Gasteiger partial charge in [0.15, 0.2) is 0 Å². The molecule has 0 N–H and O–H groups in total. The highest BCUT2D eigenvalue weighted by atomic mass is 16.5. The van der Waals surface area contributed by atoms with Gasteiger partial charge in [-0.05, 0) is 42.0 Å². The molecule has 0 atom stereocenters. The van der Waals surface area contributed by atoms with E-state index in [2.05, 4.69) is 30.3 Å². The van der Waals surface area contributed by atoms with E-state index >= 15 is 0 Å².